The highest BCUT2D eigenvalue weighted by Gasteiger charge is 2.14. The molecule has 0 amide bonds. The Hall–Kier alpha value is -1.18. The molecule has 0 spiro atoms. The summed E-state index contributed by atoms with van der Waals surface area (Å²) in [7, 11) is 0. The standard InChI is InChI=1S/C22H38O2/c1-21(2,3)13-9-7-11-17-15-18(23)16-20(24)19(17)12-8-10-14-22(4,5)6/h15-16,23-24H,7-14H2,1-6H3. The zero-order chi connectivity index (χ0) is 18.4. The smallest absolute Gasteiger partial charge is 0.122 e. The Morgan fingerprint density at radius 1 is 0.708 bits per heavy atom. The van der Waals surface area contributed by atoms with Gasteiger partial charge in [-0.1, -0.05) is 54.4 Å². The van der Waals surface area contributed by atoms with Crippen LogP contribution in [0, 0.1) is 10.8 Å². The van der Waals surface area contributed by atoms with Crippen LogP contribution in [0.1, 0.15) is 91.2 Å². The number of hydrogen-bond acceptors (Lipinski definition) is 2. The number of phenols is 2. The van der Waals surface area contributed by atoms with Gasteiger partial charge in [0.1, 0.15) is 11.5 Å². The fourth-order valence-corrected chi connectivity index (χ4v) is 3.14. The first-order valence-corrected chi connectivity index (χ1v) is 9.52. The summed E-state index contributed by atoms with van der Waals surface area (Å²) in [6.07, 6.45) is 8.80. The lowest BCUT2D eigenvalue weighted by molar-refractivity contribution is 0.358. The molecule has 24 heavy (non-hydrogen) atoms. The van der Waals surface area contributed by atoms with Gasteiger partial charge in [0.15, 0.2) is 0 Å². The van der Waals surface area contributed by atoms with Crippen LogP contribution in [0.15, 0.2) is 12.1 Å². The second kappa shape index (κ2) is 8.78. The van der Waals surface area contributed by atoms with Crippen LogP contribution in [-0.4, -0.2) is 10.2 Å². The Morgan fingerprint density at radius 2 is 1.21 bits per heavy atom. The van der Waals surface area contributed by atoms with E-state index in [1.54, 1.807) is 0 Å². The van der Waals surface area contributed by atoms with Crippen LogP contribution in [0.5, 0.6) is 11.5 Å². The number of aryl methyl sites for hydroxylation is 1. The SMILES string of the molecule is CC(C)(C)CCCCc1cc(O)cc(O)c1CCCCC(C)(C)C. The largest absolute Gasteiger partial charge is 0.508 e. The second-order valence-electron chi connectivity index (χ2n) is 9.64. The number of phenolic OH excluding ortho intramolecular Hbond substituents is 2. The van der Waals surface area contributed by atoms with Crippen LogP contribution in [-0.2, 0) is 12.8 Å². The first-order valence-electron chi connectivity index (χ1n) is 9.52. The summed E-state index contributed by atoms with van der Waals surface area (Å²) in [5.74, 6) is 0.438. The van der Waals surface area contributed by atoms with E-state index in [0.29, 0.717) is 10.8 Å². The molecule has 2 N–H and O–H groups in total. The first kappa shape index (κ1) is 20.9. The number of aromatic hydroxyl groups is 2. The van der Waals surface area contributed by atoms with Gasteiger partial charge in [-0.05, 0) is 66.5 Å². The summed E-state index contributed by atoms with van der Waals surface area (Å²) in [4.78, 5) is 0. The molecule has 0 aliphatic rings. The molecule has 1 aromatic rings. The van der Waals surface area contributed by atoms with E-state index in [-0.39, 0.29) is 11.5 Å². The molecule has 0 aliphatic carbocycles. The number of rotatable bonds is 8. The fourth-order valence-electron chi connectivity index (χ4n) is 3.14. The number of hydrogen-bond donors (Lipinski definition) is 2. The predicted molar refractivity (Wildman–Crippen MR) is 104 cm³/mol. The van der Waals surface area contributed by atoms with E-state index in [1.807, 2.05) is 6.07 Å². The van der Waals surface area contributed by atoms with Crippen LogP contribution < -0.4 is 0 Å². The van der Waals surface area contributed by atoms with E-state index >= 15 is 0 Å². The molecule has 0 saturated carbocycles. The molecule has 2 nitrogen and oxygen atoms in total. The highest BCUT2D eigenvalue weighted by atomic mass is 16.3. The van der Waals surface area contributed by atoms with Crippen LogP contribution in [0.2, 0.25) is 0 Å². The van der Waals surface area contributed by atoms with E-state index < -0.39 is 0 Å². The van der Waals surface area contributed by atoms with Crippen molar-refractivity contribution < 1.29 is 10.2 Å². The number of unbranched alkanes of at least 4 members (excludes halogenated alkanes) is 2. The maximum Gasteiger partial charge on any atom is 0.122 e. The lowest BCUT2D eigenvalue weighted by Crippen LogP contribution is -2.05. The van der Waals surface area contributed by atoms with E-state index in [4.69, 9.17) is 0 Å². The molecule has 0 bridgehead atoms. The summed E-state index contributed by atoms with van der Waals surface area (Å²) in [6, 6.07) is 3.33. The average molecular weight is 335 g/mol. The Balaban J connectivity index is 2.63. The van der Waals surface area contributed by atoms with Crippen molar-refractivity contribution in [1.82, 2.24) is 0 Å². The van der Waals surface area contributed by atoms with Crippen molar-refractivity contribution in [2.24, 2.45) is 10.8 Å². The Bertz CT molecular complexity index is 504. The van der Waals surface area contributed by atoms with Crippen molar-refractivity contribution in [1.29, 1.82) is 0 Å². The summed E-state index contributed by atoms with van der Waals surface area (Å²) >= 11 is 0. The lowest BCUT2D eigenvalue weighted by atomic mass is 9.87. The summed E-state index contributed by atoms with van der Waals surface area (Å²) in [6.45, 7) is 13.6. The zero-order valence-corrected chi connectivity index (χ0v) is 16.7. The van der Waals surface area contributed by atoms with E-state index in [1.165, 1.54) is 31.7 Å². The summed E-state index contributed by atoms with van der Waals surface area (Å²) in [5.41, 5.74) is 2.90. The third-order valence-electron chi connectivity index (χ3n) is 4.53. The maximum atomic E-state index is 10.3. The molecule has 138 valence electrons. The van der Waals surface area contributed by atoms with Crippen molar-refractivity contribution >= 4 is 0 Å². The molecule has 1 rings (SSSR count). The van der Waals surface area contributed by atoms with Gasteiger partial charge in [0.2, 0.25) is 0 Å². The monoisotopic (exact) mass is 334 g/mol. The molecule has 0 fully saturated rings. The Morgan fingerprint density at radius 3 is 1.71 bits per heavy atom. The van der Waals surface area contributed by atoms with Crippen LogP contribution in [0.3, 0.4) is 0 Å². The first-order chi connectivity index (χ1) is 11.0. The molecule has 0 saturated heterocycles. The molecule has 0 aromatic heterocycles. The van der Waals surface area contributed by atoms with Crippen molar-refractivity contribution in [2.45, 2.75) is 92.9 Å². The molecule has 0 radical (unpaired) electrons. The van der Waals surface area contributed by atoms with E-state index in [2.05, 4.69) is 41.5 Å². The fraction of sp³-hybridized carbons (Fsp3) is 0.727. The van der Waals surface area contributed by atoms with Gasteiger partial charge in [0, 0.05) is 6.07 Å². The molecule has 2 heteroatoms. The highest BCUT2D eigenvalue weighted by molar-refractivity contribution is 5.45. The van der Waals surface area contributed by atoms with Crippen molar-refractivity contribution in [3.63, 3.8) is 0 Å². The summed E-state index contributed by atoms with van der Waals surface area (Å²) in [5, 5.41) is 20.1. The highest BCUT2D eigenvalue weighted by Crippen LogP contribution is 2.31. The van der Waals surface area contributed by atoms with Gasteiger partial charge in [0.05, 0.1) is 0 Å². The van der Waals surface area contributed by atoms with Crippen molar-refractivity contribution in [3.05, 3.63) is 23.3 Å². The van der Waals surface area contributed by atoms with Gasteiger partial charge in [-0.15, -0.1) is 0 Å². The Kier molecular flexibility index (Phi) is 7.63. The van der Waals surface area contributed by atoms with E-state index in [9.17, 15) is 10.2 Å². The van der Waals surface area contributed by atoms with Gasteiger partial charge in [-0.25, -0.2) is 0 Å². The van der Waals surface area contributed by atoms with Gasteiger partial charge >= 0.3 is 0 Å². The maximum absolute atomic E-state index is 10.3. The van der Waals surface area contributed by atoms with Gasteiger partial charge in [0.25, 0.3) is 0 Å². The molecular formula is C22H38O2. The topological polar surface area (TPSA) is 40.5 Å². The minimum absolute atomic E-state index is 0.178. The average Bonchev–Trinajstić information content (AvgIpc) is 2.39. The van der Waals surface area contributed by atoms with Crippen LogP contribution in [0.4, 0.5) is 0 Å². The molecule has 0 unspecified atom stereocenters. The Labute approximate surface area is 149 Å². The van der Waals surface area contributed by atoms with Gasteiger partial charge < -0.3 is 10.2 Å². The molecule has 0 heterocycles. The third-order valence-corrected chi connectivity index (χ3v) is 4.53. The second-order valence-corrected chi connectivity index (χ2v) is 9.64. The summed E-state index contributed by atoms with van der Waals surface area (Å²) < 4.78 is 0. The quantitative estimate of drug-likeness (QED) is 0.525. The molecular weight excluding hydrogens is 296 g/mol. The van der Waals surface area contributed by atoms with Crippen LogP contribution in [0.25, 0.3) is 0 Å². The lowest BCUT2D eigenvalue weighted by Gasteiger charge is -2.19. The zero-order valence-electron chi connectivity index (χ0n) is 16.7. The normalized spacial score (nSPS) is 12.6. The molecule has 0 aliphatic heterocycles. The van der Waals surface area contributed by atoms with Crippen molar-refractivity contribution in [3.8, 4) is 11.5 Å². The molecule has 1 aromatic carbocycles. The van der Waals surface area contributed by atoms with E-state index in [0.717, 1.165) is 36.8 Å². The van der Waals surface area contributed by atoms with Gasteiger partial charge in [-0.3, -0.25) is 0 Å². The molecule has 0 atom stereocenters. The predicted octanol–water partition coefficient (Wildman–Crippen LogP) is 6.62. The number of benzene rings is 1. The van der Waals surface area contributed by atoms with Crippen LogP contribution >= 0.6 is 0 Å². The van der Waals surface area contributed by atoms with Crippen molar-refractivity contribution in [2.75, 3.05) is 0 Å². The minimum Gasteiger partial charge on any atom is -0.508 e. The third kappa shape index (κ3) is 8.61. The minimum atomic E-state index is 0.178. The van der Waals surface area contributed by atoms with Gasteiger partial charge in [-0.2, -0.15) is 0 Å².